The van der Waals surface area contributed by atoms with Gasteiger partial charge in [-0.1, -0.05) is 30.3 Å². The van der Waals surface area contributed by atoms with E-state index in [1.54, 1.807) is 6.07 Å². The highest BCUT2D eigenvalue weighted by Gasteiger charge is 2.12. The van der Waals surface area contributed by atoms with Crippen LogP contribution in [0, 0.1) is 0 Å². The summed E-state index contributed by atoms with van der Waals surface area (Å²) in [6.07, 6.45) is 0. The number of halogens is 1. The van der Waals surface area contributed by atoms with Crippen LogP contribution in [-0.2, 0) is 11.3 Å². The fourth-order valence-electron chi connectivity index (χ4n) is 1.52. The molecule has 0 saturated heterocycles. The standard InChI is InChI=1S/C14H13NO3.ClH/c15-11-6-7-12(13(16)8-11)14(17)18-9-10-4-2-1-3-5-10;/h1-8,16H,9,15H2;1H. The molecule has 0 aliphatic heterocycles. The van der Waals surface area contributed by atoms with Crippen LogP contribution in [0.2, 0.25) is 0 Å². The maximum Gasteiger partial charge on any atom is 0.342 e. The molecule has 2 aromatic rings. The van der Waals surface area contributed by atoms with Gasteiger partial charge in [-0.3, -0.25) is 0 Å². The van der Waals surface area contributed by atoms with Crippen LogP contribution in [0.15, 0.2) is 48.5 Å². The van der Waals surface area contributed by atoms with Gasteiger partial charge in [0.25, 0.3) is 0 Å². The van der Waals surface area contributed by atoms with Gasteiger partial charge >= 0.3 is 5.97 Å². The Balaban J connectivity index is 0.00000180. The third-order valence-corrected chi connectivity index (χ3v) is 2.45. The SMILES string of the molecule is Cl.Nc1ccc(C(=O)OCc2ccccc2)c(O)c1. The molecule has 0 atom stereocenters. The lowest BCUT2D eigenvalue weighted by atomic mass is 10.2. The number of ether oxygens (including phenoxy) is 1. The summed E-state index contributed by atoms with van der Waals surface area (Å²) in [6.45, 7) is 0.170. The molecule has 19 heavy (non-hydrogen) atoms. The number of carbonyl (C=O) groups is 1. The fourth-order valence-corrected chi connectivity index (χ4v) is 1.52. The molecule has 0 fully saturated rings. The highest BCUT2D eigenvalue weighted by Crippen LogP contribution is 2.21. The summed E-state index contributed by atoms with van der Waals surface area (Å²) in [5.41, 5.74) is 6.88. The molecule has 0 radical (unpaired) electrons. The molecule has 0 aliphatic rings. The first-order valence-electron chi connectivity index (χ1n) is 5.46. The van der Waals surface area contributed by atoms with Gasteiger partial charge < -0.3 is 15.6 Å². The number of phenols is 1. The number of aromatic hydroxyl groups is 1. The lowest BCUT2D eigenvalue weighted by Gasteiger charge is -2.06. The Hall–Kier alpha value is -2.20. The molecule has 5 heteroatoms. The number of nitrogen functional groups attached to an aromatic ring is 1. The summed E-state index contributed by atoms with van der Waals surface area (Å²) >= 11 is 0. The van der Waals surface area contributed by atoms with Gasteiger partial charge in [0.2, 0.25) is 0 Å². The molecule has 4 nitrogen and oxygen atoms in total. The van der Waals surface area contributed by atoms with Gasteiger partial charge in [0.05, 0.1) is 0 Å². The second-order valence-electron chi connectivity index (χ2n) is 3.84. The lowest BCUT2D eigenvalue weighted by molar-refractivity contribution is 0.0469. The average Bonchev–Trinajstić information content (AvgIpc) is 2.37. The van der Waals surface area contributed by atoms with E-state index >= 15 is 0 Å². The first-order valence-corrected chi connectivity index (χ1v) is 5.46. The van der Waals surface area contributed by atoms with E-state index in [2.05, 4.69) is 0 Å². The minimum Gasteiger partial charge on any atom is -0.507 e. The zero-order valence-corrected chi connectivity index (χ0v) is 10.9. The second kappa shape index (κ2) is 6.66. The Labute approximate surface area is 117 Å². The average molecular weight is 280 g/mol. The maximum absolute atomic E-state index is 11.7. The first kappa shape index (κ1) is 14.9. The quantitative estimate of drug-likeness (QED) is 0.669. The second-order valence-corrected chi connectivity index (χ2v) is 3.84. The smallest absolute Gasteiger partial charge is 0.342 e. The van der Waals surface area contributed by atoms with Gasteiger partial charge in [-0.15, -0.1) is 12.4 Å². The number of hydrogen-bond donors (Lipinski definition) is 2. The molecule has 100 valence electrons. The zero-order chi connectivity index (χ0) is 13.0. The first-order chi connectivity index (χ1) is 8.66. The lowest BCUT2D eigenvalue weighted by Crippen LogP contribution is -2.05. The molecule has 0 aliphatic carbocycles. The summed E-state index contributed by atoms with van der Waals surface area (Å²) in [5.74, 6) is -0.746. The largest absolute Gasteiger partial charge is 0.507 e. The molecule has 2 aromatic carbocycles. The highest BCUT2D eigenvalue weighted by atomic mass is 35.5. The summed E-state index contributed by atoms with van der Waals surface area (Å²) in [7, 11) is 0. The Morgan fingerprint density at radius 3 is 2.47 bits per heavy atom. The van der Waals surface area contributed by atoms with Crippen LogP contribution in [0.5, 0.6) is 5.75 Å². The van der Waals surface area contributed by atoms with Crippen LogP contribution < -0.4 is 5.73 Å². The van der Waals surface area contributed by atoms with E-state index in [1.165, 1.54) is 12.1 Å². The number of esters is 1. The molecule has 3 N–H and O–H groups in total. The van der Waals surface area contributed by atoms with Crippen LogP contribution in [0.4, 0.5) is 5.69 Å². The monoisotopic (exact) mass is 279 g/mol. The van der Waals surface area contributed by atoms with Crippen molar-refractivity contribution in [3.8, 4) is 5.75 Å². The van der Waals surface area contributed by atoms with E-state index in [4.69, 9.17) is 10.5 Å². The van der Waals surface area contributed by atoms with Crippen molar-refractivity contribution in [1.82, 2.24) is 0 Å². The van der Waals surface area contributed by atoms with Gasteiger partial charge in [0.1, 0.15) is 17.9 Å². The summed E-state index contributed by atoms with van der Waals surface area (Å²) in [6, 6.07) is 13.6. The molecular weight excluding hydrogens is 266 g/mol. The van der Waals surface area contributed by atoms with Crippen molar-refractivity contribution < 1.29 is 14.6 Å². The van der Waals surface area contributed by atoms with Gasteiger partial charge in [0.15, 0.2) is 0 Å². The Morgan fingerprint density at radius 2 is 1.84 bits per heavy atom. The zero-order valence-electron chi connectivity index (χ0n) is 10.1. The van der Waals surface area contributed by atoms with E-state index in [-0.39, 0.29) is 30.3 Å². The minimum absolute atomic E-state index is 0. The summed E-state index contributed by atoms with van der Waals surface area (Å²) in [4.78, 5) is 11.7. The number of rotatable bonds is 3. The number of anilines is 1. The van der Waals surface area contributed by atoms with E-state index < -0.39 is 5.97 Å². The van der Waals surface area contributed by atoms with Crippen molar-refractivity contribution >= 4 is 24.1 Å². The summed E-state index contributed by atoms with van der Waals surface area (Å²) in [5, 5.41) is 9.58. The van der Waals surface area contributed by atoms with E-state index in [9.17, 15) is 9.90 Å². The highest BCUT2D eigenvalue weighted by molar-refractivity contribution is 5.92. The van der Waals surface area contributed by atoms with E-state index in [1.807, 2.05) is 30.3 Å². The van der Waals surface area contributed by atoms with Crippen LogP contribution in [0.3, 0.4) is 0 Å². The number of hydrogen-bond acceptors (Lipinski definition) is 4. The molecule has 0 aromatic heterocycles. The van der Waals surface area contributed by atoms with Crippen LogP contribution in [0.1, 0.15) is 15.9 Å². The predicted molar refractivity (Wildman–Crippen MR) is 75.3 cm³/mol. The van der Waals surface area contributed by atoms with Crippen molar-refractivity contribution in [3.63, 3.8) is 0 Å². The van der Waals surface area contributed by atoms with Crippen LogP contribution in [-0.4, -0.2) is 11.1 Å². The van der Waals surface area contributed by atoms with Crippen LogP contribution in [0.25, 0.3) is 0 Å². The number of nitrogens with two attached hydrogens (primary N) is 1. The van der Waals surface area contributed by atoms with Gasteiger partial charge in [0, 0.05) is 11.8 Å². The minimum atomic E-state index is -0.573. The van der Waals surface area contributed by atoms with E-state index in [0.717, 1.165) is 5.56 Å². The number of benzene rings is 2. The van der Waals surface area contributed by atoms with Crippen molar-refractivity contribution in [3.05, 3.63) is 59.7 Å². The van der Waals surface area contributed by atoms with E-state index in [0.29, 0.717) is 5.69 Å². The third kappa shape index (κ3) is 3.89. The number of phenolic OH excluding ortho intramolecular Hbond substituents is 1. The molecule has 0 bridgehead atoms. The Morgan fingerprint density at radius 1 is 1.16 bits per heavy atom. The van der Waals surface area contributed by atoms with Crippen molar-refractivity contribution in [2.75, 3.05) is 5.73 Å². The molecule has 0 spiro atoms. The van der Waals surface area contributed by atoms with Crippen molar-refractivity contribution in [2.24, 2.45) is 0 Å². The molecule has 0 saturated carbocycles. The molecule has 2 rings (SSSR count). The Bertz CT molecular complexity index is 558. The van der Waals surface area contributed by atoms with Gasteiger partial charge in [-0.25, -0.2) is 4.79 Å². The third-order valence-electron chi connectivity index (χ3n) is 2.45. The molecular formula is C14H14ClNO3. The van der Waals surface area contributed by atoms with Crippen molar-refractivity contribution in [2.45, 2.75) is 6.61 Å². The molecule has 0 amide bonds. The van der Waals surface area contributed by atoms with Crippen molar-refractivity contribution in [1.29, 1.82) is 0 Å². The maximum atomic E-state index is 11.7. The normalized spacial score (nSPS) is 9.47. The van der Waals surface area contributed by atoms with Gasteiger partial charge in [-0.2, -0.15) is 0 Å². The van der Waals surface area contributed by atoms with Crippen LogP contribution >= 0.6 is 12.4 Å². The fraction of sp³-hybridized carbons (Fsp3) is 0.0714. The molecule has 0 unspecified atom stereocenters. The van der Waals surface area contributed by atoms with Gasteiger partial charge in [-0.05, 0) is 17.7 Å². The summed E-state index contributed by atoms with van der Waals surface area (Å²) < 4.78 is 5.10. The molecule has 0 heterocycles. The predicted octanol–water partition coefficient (Wildman–Crippen LogP) is 2.75. The Kier molecular flexibility index (Phi) is 5.21. The topological polar surface area (TPSA) is 72.6 Å². The number of carbonyl (C=O) groups excluding carboxylic acids is 1.